The third-order valence-corrected chi connectivity index (χ3v) is 13.7. The smallest absolute Gasteiger partial charge is 0.455 e. The molecule has 0 bridgehead atoms. The quantitative estimate of drug-likeness (QED) is 0.0727. The standard InChI is InChI=1S/C26H36B2O6.C14H12Br2O2.C9H19BO3.C4H9.Li/c1-18(29-21-14-10-19(11-15-21)27-31-23(2,3)24(4,5)32-27)30-22-16-12-20(13-17-22)28-33-25(6,7)26(8,9)34-28;1-10(17-13-6-2-11(15)3-7-13)18-14-8-4-12(16)5-9-14;1-7(2)11-10-12-8(3,4)9(5,6)13-10;1-3-4-2;/h10-18H,1-9H3;2-10H,1H3;7H,1-6H3;1,3-4H2,2H3;/q;;;-1;+1. The van der Waals surface area contributed by atoms with Crippen LogP contribution in [0.5, 0.6) is 23.0 Å². The number of hydrogen-bond acceptors (Lipinski definition) is 11. The van der Waals surface area contributed by atoms with Crippen LogP contribution in [0.15, 0.2) is 106 Å². The molecule has 3 heterocycles. The molecule has 378 valence electrons. The summed E-state index contributed by atoms with van der Waals surface area (Å²) in [5.41, 5.74) is -0.157. The van der Waals surface area contributed by atoms with Crippen molar-refractivity contribution in [3.05, 3.63) is 113 Å². The summed E-state index contributed by atoms with van der Waals surface area (Å²) >= 11 is 6.76. The maximum absolute atomic E-state index is 6.11. The number of rotatable bonds is 13. The van der Waals surface area contributed by atoms with Crippen molar-refractivity contribution in [2.75, 3.05) is 0 Å². The monoisotopic (exact) mass is 1090 g/mol. The fourth-order valence-electron chi connectivity index (χ4n) is 6.27. The van der Waals surface area contributed by atoms with E-state index in [1.807, 2.05) is 208 Å². The number of unbranched alkanes of at least 4 members (excludes halogenated alkanes) is 1. The van der Waals surface area contributed by atoms with Gasteiger partial charge in [0, 0.05) is 28.9 Å². The number of ether oxygens (including phenoxy) is 4. The molecule has 70 heavy (non-hydrogen) atoms. The summed E-state index contributed by atoms with van der Waals surface area (Å²) in [4.78, 5) is 0. The average molecular weight is 1090 g/mol. The van der Waals surface area contributed by atoms with E-state index >= 15 is 0 Å². The Bertz CT molecular complexity index is 1980. The molecule has 7 rings (SSSR count). The van der Waals surface area contributed by atoms with Crippen molar-refractivity contribution in [2.24, 2.45) is 0 Å². The van der Waals surface area contributed by atoms with E-state index in [2.05, 4.69) is 45.7 Å². The van der Waals surface area contributed by atoms with E-state index in [1.165, 1.54) is 6.42 Å². The van der Waals surface area contributed by atoms with Crippen LogP contribution in [-0.2, 0) is 32.6 Å². The Labute approximate surface area is 450 Å². The minimum atomic E-state index is -0.523. The first-order chi connectivity index (χ1) is 32.0. The molecule has 0 N–H and O–H groups in total. The molecule has 0 aliphatic carbocycles. The molecule has 11 nitrogen and oxygen atoms in total. The fraction of sp³-hybridized carbons (Fsp3) is 0.528. The average Bonchev–Trinajstić information content (AvgIpc) is 3.71. The first-order valence-corrected chi connectivity index (χ1v) is 25.5. The molecule has 3 aliphatic heterocycles. The van der Waals surface area contributed by atoms with Gasteiger partial charge in [-0.25, -0.2) is 0 Å². The molecule has 3 aliphatic rings. The molecular formula is C53H76B3Br2LiO11. The van der Waals surface area contributed by atoms with E-state index < -0.39 is 27.8 Å². The van der Waals surface area contributed by atoms with Crippen molar-refractivity contribution in [3.8, 4) is 23.0 Å². The normalized spacial score (nSPS) is 18.7. The Morgan fingerprint density at radius 1 is 0.443 bits per heavy atom. The van der Waals surface area contributed by atoms with Gasteiger partial charge in [0.2, 0.25) is 12.6 Å². The summed E-state index contributed by atoms with van der Waals surface area (Å²) in [6.07, 6.45) is 1.59. The largest absolute Gasteiger partial charge is 1.00 e. The molecule has 0 unspecified atom stereocenters. The molecule has 0 saturated carbocycles. The van der Waals surface area contributed by atoms with Crippen molar-refractivity contribution < 1.29 is 70.4 Å². The van der Waals surface area contributed by atoms with Gasteiger partial charge in [-0.1, -0.05) is 69.5 Å². The fourth-order valence-corrected chi connectivity index (χ4v) is 6.80. The molecule has 3 fully saturated rings. The topological polar surface area (TPSA) is 102 Å². The van der Waals surface area contributed by atoms with E-state index in [1.54, 1.807) is 0 Å². The van der Waals surface area contributed by atoms with Crippen molar-refractivity contribution in [2.45, 2.75) is 183 Å². The summed E-state index contributed by atoms with van der Waals surface area (Å²) in [5.74, 6) is 2.98. The second-order valence-electron chi connectivity index (χ2n) is 20.4. The first kappa shape index (κ1) is 61.9. The molecule has 3 saturated heterocycles. The molecular weight excluding hydrogens is 1010 g/mol. The Balaban J connectivity index is 0.000000300. The van der Waals surface area contributed by atoms with Crippen LogP contribution in [0, 0.1) is 6.92 Å². The van der Waals surface area contributed by atoms with Gasteiger partial charge in [0.15, 0.2) is 0 Å². The van der Waals surface area contributed by atoms with E-state index in [0.29, 0.717) is 11.5 Å². The minimum absolute atomic E-state index is 0. The van der Waals surface area contributed by atoms with Gasteiger partial charge in [-0.15, -0.1) is 0 Å². The number of halogens is 2. The van der Waals surface area contributed by atoms with E-state index in [0.717, 1.165) is 37.8 Å². The zero-order chi connectivity index (χ0) is 51.6. The van der Waals surface area contributed by atoms with Crippen molar-refractivity contribution in [1.82, 2.24) is 0 Å². The van der Waals surface area contributed by atoms with E-state index in [-0.39, 0.29) is 64.9 Å². The summed E-state index contributed by atoms with van der Waals surface area (Å²) in [6.45, 7) is 37.8. The van der Waals surface area contributed by atoms with Crippen LogP contribution in [0.3, 0.4) is 0 Å². The van der Waals surface area contributed by atoms with Crippen LogP contribution in [0.1, 0.15) is 131 Å². The zero-order valence-electron chi connectivity index (χ0n) is 45.1. The summed E-state index contributed by atoms with van der Waals surface area (Å²) in [6, 6.07) is 30.8. The molecule has 0 radical (unpaired) electrons. The van der Waals surface area contributed by atoms with Gasteiger partial charge in [0.25, 0.3) is 0 Å². The summed E-state index contributed by atoms with van der Waals surface area (Å²) < 4.78 is 66.4. The molecule has 0 atom stereocenters. The Morgan fingerprint density at radius 3 is 0.900 bits per heavy atom. The maximum Gasteiger partial charge on any atom is 1.00 e. The third kappa shape index (κ3) is 17.9. The van der Waals surface area contributed by atoms with Crippen LogP contribution in [0.25, 0.3) is 0 Å². The molecule has 0 spiro atoms. The zero-order valence-corrected chi connectivity index (χ0v) is 48.2. The van der Waals surface area contributed by atoms with Crippen molar-refractivity contribution in [3.63, 3.8) is 0 Å². The minimum Gasteiger partial charge on any atom is -0.455 e. The van der Waals surface area contributed by atoms with E-state index in [4.69, 9.17) is 51.5 Å². The van der Waals surface area contributed by atoms with Gasteiger partial charge in [0.05, 0.1) is 33.6 Å². The first-order valence-electron chi connectivity index (χ1n) is 23.9. The van der Waals surface area contributed by atoms with Crippen molar-refractivity contribution in [1.29, 1.82) is 0 Å². The summed E-state index contributed by atoms with van der Waals surface area (Å²) in [5, 5.41) is 0. The van der Waals surface area contributed by atoms with E-state index in [9.17, 15) is 0 Å². The van der Waals surface area contributed by atoms with Gasteiger partial charge in [0.1, 0.15) is 23.0 Å². The van der Waals surface area contributed by atoms with Crippen LogP contribution in [0.2, 0.25) is 0 Å². The molecule has 4 aromatic carbocycles. The predicted octanol–water partition coefficient (Wildman–Crippen LogP) is 9.73. The van der Waals surface area contributed by atoms with Crippen LogP contribution < -0.4 is 48.7 Å². The number of benzene rings is 4. The second-order valence-corrected chi connectivity index (χ2v) is 22.2. The Hall–Kier alpha value is -2.45. The van der Waals surface area contributed by atoms with Gasteiger partial charge in [-0.2, -0.15) is 6.42 Å². The predicted molar refractivity (Wildman–Crippen MR) is 287 cm³/mol. The molecule has 17 heteroatoms. The van der Waals surface area contributed by atoms with Gasteiger partial charge in [-0.3, -0.25) is 0 Å². The Kier molecular flexibility index (Phi) is 23.1. The van der Waals surface area contributed by atoms with Gasteiger partial charge >= 0.3 is 40.4 Å². The Morgan fingerprint density at radius 2 is 0.671 bits per heavy atom. The van der Waals surface area contributed by atoms with Crippen LogP contribution in [0.4, 0.5) is 0 Å². The van der Waals surface area contributed by atoms with Crippen LogP contribution in [-0.4, -0.2) is 73.8 Å². The number of hydrogen-bond donors (Lipinski definition) is 0. The summed E-state index contributed by atoms with van der Waals surface area (Å²) in [7, 11) is -1.31. The SMILES string of the molecule is CC(C)OB1OC(C)(C)C(C)(C)O1.CC(Oc1ccc(B2OC(C)(C)C(C)(C)O2)cc1)Oc1ccc(B2OC(C)(C)C(C)(C)O2)cc1.CC(Oc1ccc(Br)cc1)Oc1ccc(Br)cc1.[CH2-]CCC.[Li+]. The molecule has 4 aromatic rings. The van der Waals surface area contributed by atoms with Crippen LogP contribution >= 0.6 is 31.9 Å². The maximum atomic E-state index is 6.11. The third-order valence-electron chi connectivity index (χ3n) is 12.6. The second kappa shape index (κ2) is 26.2. The molecule has 0 amide bonds. The molecule has 0 aromatic heterocycles. The van der Waals surface area contributed by atoms with Gasteiger partial charge < -0.3 is 58.5 Å². The van der Waals surface area contributed by atoms with Gasteiger partial charge in [-0.05, 0) is 181 Å². The van der Waals surface area contributed by atoms with Crippen molar-refractivity contribution >= 4 is 64.3 Å².